The van der Waals surface area contributed by atoms with Gasteiger partial charge in [-0.15, -0.1) is 5.10 Å². The summed E-state index contributed by atoms with van der Waals surface area (Å²) >= 11 is 1.47. The van der Waals surface area contributed by atoms with Gasteiger partial charge < -0.3 is 14.2 Å². The zero-order chi connectivity index (χ0) is 22.2. The van der Waals surface area contributed by atoms with Crippen molar-refractivity contribution < 1.29 is 19.0 Å². The van der Waals surface area contributed by atoms with Gasteiger partial charge >= 0.3 is 0 Å². The SMILES string of the molecule is CCC[C@@H]1S/C(=N/N=C\c2ccc(OC)cc2OC)N(Cc2ccc(OC)cc2)C1=O. The summed E-state index contributed by atoms with van der Waals surface area (Å²) in [6.45, 7) is 2.52. The second kappa shape index (κ2) is 10.9. The van der Waals surface area contributed by atoms with Gasteiger partial charge in [0.25, 0.3) is 0 Å². The van der Waals surface area contributed by atoms with E-state index in [2.05, 4.69) is 17.1 Å². The van der Waals surface area contributed by atoms with E-state index in [1.165, 1.54) is 11.8 Å². The van der Waals surface area contributed by atoms with Gasteiger partial charge in [0.05, 0.1) is 39.3 Å². The molecule has 1 fully saturated rings. The highest BCUT2D eigenvalue weighted by molar-refractivity contribution is 8.15. The highest BCUT2D eigenvalue weighted by atomic mass is 32.2. The average molecular weight is 442 g/mol. The van der Waals surface area contributed by atoms with Gasteiger partial charge in [0.2, 0.25) is 5.91 Å². The Bertz CT molecular complexity index is 960. The van der Waals surface area contributed by atoms with E-state index in [9.17, 15) is 4.79 Å². The number of rotatable bonds is 9. The lowest BCUT2D eigenvalue weighted by atomic mass is 10.2. The van der Waals surface area contributed by atoms with Crippen molar-refractivity contribution in [3.8, 4) is 17.2 Å². The van der Waals surface area contributed by atoms with Gasteiger partial charge in [0, 0.05) is 11.6 Å². The Morgan fingerprint density at radius 2 is 1.74 bits per heavy atom. The van der Waals surface area contributed by atoms with Crippen LogP contribution in [0.2, 0.25) is 0 Å². The van der Waals surface area contributed by atoms with Crippen LogP contribution in [0.25, 0.3) is 0 Å². The number of methoxy groups -OCH3 is 3. The average Bonchev–Trinajstić information content (AvgIpc) is 3.09. The summed E-state index contributed by atoms with van der Waals surface area (Å²) in [5.41, 5.74) is 1.77. The first-order valence-corrected chi connectivity index (χ1v) is 10.9. The Balaban J connectivity index is 1.82. The van der Waals surface area contributed by atoms with Crippen LogP contribution in [0.3, 0.4) is 0 Å². The molecule has 31 heavy (non-hydrogen) atoms. The molecule has 1 aliphatic heterocycles. The molecule has 0 unspecified atom stereocenters. The molecule has 0 aliphatic carbocycles. The highest BCUT2D eigenvalue weighted by Crippen LogP contribution is 2.32. The topological polar surface area (TPSA) is 72.7 Å². The molecular formula is C23H27N3O4S. The minimum Gasteiger partial charge on any atom is -0.497 e. The first kappa shape index (κ1) is 22.7. The molecule has 2 aromatic rings. The molecule has 1 heterocycles. The predicted octanol–water partition coefficient (Wildman–Crippen LogP) is 4.35. The van der Waals surface area contributed by atoms with Crippen molar-refractivity contribution in [1.29, 1.82) is 0 Å². The Labute approximate surface area is 187 Å². The fraction of sp³-hybridized carbons (Fsp3) is 0.348. The van der Waals surface area contributed by atoms with Crippen LogP contribution in [0.5, 0.6) is 17.2 Å². The van der Waals surface area contributed by atoms with Crippen LogP contribution in [0.4, 0.5) is 0 Å². The minimum atomic E-state index is -0.132. The van der Waals surface area contributed by atoms with Gasteiger partial charge in [0.15, 0.2) is 5.17 Å². The number of ether oxygens (including phenoxy) is 3. The Hall–Kier alpha value is -3.00. The van der Waals surface area contributed by atoms with E-state index in [0.29, 0.717) is 23.2 Å². The Morgan fingerprint density at radius 3 is 2.39 bits per heavy atom. The third-order valence-electron chi connectivity index (χ3n) is 4.85. The third-order valence-corrected chi connectivity index (χ3v) is 6.09. The molecule has 7 nitrogen and oxygen atoms in total. The lowest BCUT2D eigenvalue weighted by molar-refractivity contribution is -0.126. The molecule has 3 rings (SSSR count). The van der Waals surface area contributed by atoms with Crippen LogP contribution in [-0.2, 0) is 11.3 Å². The van der Waals surface area contributed by atoms with Crippen LogP contribution in [0.1, 0.15) is 30.9 Å². The number of hydrogen-bond acceptors (Lipinski definition) is 7. The highest BCUT2D eigenvalue weighted by Gasteiger charge is 2.37. The molecule has 2 aromatic carbocycles. The van der Waals surface area contributed by atoms with Crippen molar-refractivity contribution in [1.82, 2.24) is 4.90 Å². The summed E-state index contributed by atoms with van der Waals surface area (Å²) in [7, 11) is 4.83. The van der Waals surface area contributed by atoms with E-state index < -0.39 is 0 Å². The Kier molecular flexibility index (Phi) is 7.94. The first-order valence-electron chi connectivity index (χ1n) is 10.0. The van der Waals surface area contributed by atoms with E-state index in [4.69, 9.17) is 14.2 Å². The van der Waals surface area contributed by atoms with Crippen LogP contribution >= 0.6 is 11.8 Å². The normalized spacial score (nSPS) is 17.5. The molecule has 1 aliphatic rings. The van der Waals surface area contributed by atoms with Crippen molar-refractivity contribution in [2.24, 2.45) is 10.2 Å². The first-order chi connectivity index (χ1) is 15.1. The molecule has 1 amide bonds. The van der Waals surface area contributed by atoms with Crippen LogP contribution in [0, 0.1) is 0 Å². The molecule has 8 heteroatoms. The second-order valence-electron chi connectivity index (χ2n) is 6.90. The zero-order valence-corrected chi connectivity index (χ0v) is 19.0. The zero-order valence-electron chi connectivity index (χ0n) is 18.2. The largest absolute Gasteiger partial charge is 0.497 e. The maximum absolute atomic E-state index is 13.0. The molecule has 1 saturated heterocycles. The van der Waals surface area contributed by atoms with Crippen molar-refractivity contribution in [3.63, 3.8) is 0 Å². The fourth-order valence-corrected chi connectivity index (χ4v) is 4.37. The summed E-state index contributed by atoms with van der Waals surface area (Å²) in [6.07, 6.45) is 3.35. The number of nitrogens with zero attached hydrogens (tertiary/aromatic N) is 3. The van der Waals surface area contributed by atoms with Crippen LogP contribution < -0.4 is 14.2 Å². The van der Waals surface area contributed by atoms with E-state index >= 15 is 0 Å². The summed E-state index contributed by atoms with van der Waals surface area (Å²) in [6, 6.07) is 13.1. The van der Waals surface area contributed by atoms with Crippen molar-refractivity contribution in [2.75, 3.05) is 21.3 Å². The standard InChI is InChI=1S/C23H27N3O4S/c1-5-6-21-22(27)26(15-16-7-10-18(28-2)11-8-16)23(31-21)25-24-14-17-9-12-19(29-3)13-20(17)30-4/h7-14,21H,5-6,15H2,1-4H3/b24-14-,25-23+/t21-/m0/s1. The van der Waals surface area contributed by atoms with Crippen molar-refractivity contribution in [3.05, 3.63) is 53.6 Å². The van der Waals surface area contributed by atoms with Gasteiger partial charge in [0.1, 0.15) is 17.2 Å². The maximum atomic E-state index is 13.0. The van der Waals surface area contributed by atoms with Gasteiger partial charge in [-0.3, -0.25) is 9.69 Å². The lowest BCUT2D eigenvalue weighted by Gasteiger charge is -2.16. The van der Waals surface area contributed by atoms with Crippen LogP contribution in [-0.4, -0.2) is 48.8 Å². The summed E-state index contributed by atoms with van der Waals surface area (Å²) in [5, 5.41) is 9.09. The van der Waals surface area contributed by atoms with Gasteiger partial charge in [-0.05, 0) is 36.2 Å². The summed E-state index contributed by atoms with van der Waals surface area (Å²) in [4.78, 5) is 14.7. The quantitative estimate of drug-likeness (QED) is 0.427. The second-order valence-corrected chi connectivity index (χ2v) is 8.07. The van der Waals surface area contributed by atoms with Crippen molar-refractivity contribution in [2.45, 2.75) is 31.6 Å². The molecular weight excluding hydrogens is 414 g/mol. The smallest absolute Gasteiger partial charge is 0.242 e. The lowest BCUT2D eigenvalue weighted by Crippen LogP contribution is -2.31. The number of amidine groups is 1. The number of hydrogen-bond donors (Lipinski definition) is 0. The van der Waals surface area contributed by atoms with Gasteiger partial charge in [-0.2, -0.15) is 5.10 Å². The molecule has 0 saturated carbocycles. The van der Waals surface area contributed by atoms with E-state index in [-0.39, 0.29) is 11.2 Å². The fourth-order valence-electron chi connectivity index (χ4n) is 3.16. The number of carbonyl (C=O) groups excluding carboxylic acids is 1. The molecule has 0 N–H and O–H groups in total. The van der Waals surface area contributed by atoms with Gasteiger partial charge in [-0.25, -0.2) is 0 Å². The number of amides is 1. The molecule has 164 valence electrons. The molecule has 0 bridgehead atoms. The molecule has 0 aromatic heterocycles. The predicted molar refractivity (Wildman–Crippen MR) is 124 cm³/mol. The van der Waals surface area contributed by atoms with Crippen molar-refractivity contribution >= 4 is 29.1 Å². The summed E-state index contributed by atoms with van der Waals surface area (Å²) in [5.74, 6) is 2.18. The molecule has 1 atom stereocenters. The van der Waals surface area contributed by atoms with Gasteiger partial charge in [-0.1, -0.05) is 37.2 Å². The number of benzene rings is 2. The third kappa shape index (κ3) is 5.58. The van der Waals surface area contributed by atoms with E-state index in [1.807, 2.05) is 36.4 Å². The summed E-state index contributed by atoms with van der Waals surface area (Å²) < 4.78 is 15.8. The maximum Gasteiger partial charge on any atom is 0.242 e. The molecule has 0 radical (unpaired) electrons. The number of carbonyl (C=O) groups is 1. The monoisotopic (exact) mass is 441 g/mol. The molecule has 0 spiro atoms. The Morgan fingerprint density at radius 1 is 1.03 bits per heavy atom. The van der Waals surface area contributed by atoms with E-state index in [1.54, 1.807) is 38.5 Å². The van der Waals surface area contributed by atoms with E-state index in [0.717, 1.165) is 29.7 Å². The van der Waals surface area contributed by atoms with Crippen LogP contribution in [0.15, 0.2) is 52.7 Å². The number of thioether (sulfide) groups is 1. The minimum absolute atomic E-state index is 0.0682.